The Morgan fingerprint density at radius 1 is 1.26 bits per heavy atom. The Morgan fingerprint density at radius 2 is 2.00 bits per heavy atom. The summed E-state index contributed by atoms with van der Waals surface area (Å²) in [6.07, 6.45) is -4.88. The third-order valence-corrected chi connectivity index (χ3v) is 6.99. The summed E-state index contributed by atoms with van der Waals surface area (Å²) in [4.78, 5) is 20.7. The molecule has 4 rings (SSSR count). The number of aromatic nitrogens is 2. The highest BCUT2D eigenvalue weighted by Crippen LogP contribution is 2.37. The lowest BCUT2D eigenvalue weighted by molar-refractivity contribution is -0.443. The van der Waals surface area contributed by atoms with Crippen LogP contribution in [-0.4, -0.2) is 83.4 Å². The molecule has 2 fully saturated rings. The van der Waals surface area contributed by atoms with Crippen LogP contribution in [0.3, 0.4) is 0 Å². The molecule has 9 nitrogen and oxygen atoms in total. The van der Waals surface area contributed by atoms with Gasteiger partial charge >= 0.3 is 12.4 Å². The van der Waals surface area contributed by atoms with E-state index in [4.69, 9.17) is 9.26 Å². The van der Waals surface area contributed by atoms with Crippen LogP contribution in [0.1, 0.15) is 35.5 Å². The van der Waals surface area contributed by atoms with Crippen molar-refractivity contribution in [3.05, 3.63) is 41.5 Å². The van der Waals surface area contributed by atoms with Crippen LogP contribution in [0.4, 0.5) is 18.0 Å². The number of rotatable bonds is 6. The molecular formula is C22H26F3N4O5S-. The van der Waals surface area contributed by atoms with E-state index < -0.39 is 12.6 Å². The number of methoxy groups -OCH3 is 1. The molecule has 0 spiro atoms. The van der Waals surface area contributed by atoms with Crippen molar-refractivity contribution in [1.29, 1.82) is 0 Å². The van der Waals surface area contributed by atoms with Crippen LogP contribution in [0.2, 0.25) is 0 Å². The number of hydrogen-bond donors (Lipinski definition) is 0. The highest BCUT2D eigenvalue weighted by atomic mass is 32.2. The first-order chi connectivity index (χ1) is 16.7. The molecule has 0 N–H and O–H groups in total. The average Bonchev–Trinajstić information content (AvgIpc) is 3.31. The maximum Gasteiger partial charge on any atom is 0.573 e. The largest absolute Gasteiger partial charge is 0.836 e. The molecule has 2 aliphatic rings. The van der Waals surface area contributed by atoms with E-state index >= 15 is 0 Å². The van der Waals surface area contributed by atoms with E-state index in [0.29, 0.717) is 62.3 Å². The monoisotopic (exact) mass is 515 g/mol. The lowest BCUT2D eigenvalue weighted by atomic mass is 9.84. The first-order valence-electron chi connectivity index (χ1n) is 11.2. The molecule has 3 unspecified atom stereocenters. The van der Waals surface area contributed by atoms with Crippen LogP contribution < -0.4 is 9.84 Å². The number of thioether (sulfide) groups is 1. The third-order valence-electron chi connectivity index (χ3n) is 6.00. The average molecular weight is 516 g/mol. The Hall–Kier alpha value is -2.51. The number of benzene rings is 1. The van der Waals surface area contributed by atoms with Crippen LogP contribution in [0.5, 0.6) is 5.75 Å². The molecule has 0 saturated carbocycles. The summed E-state index contributed by atoms with van der Waals surface area (Å²) in [5, 5.41) is 16.4. The van der Waals surface area contributed by atoms with E-state index in [-0.39, 0.29) is 23.6 Å². The molecule has 192 valence electrons. The van der Waals surface area contributed by atoms with E-state index in [2.05, 4.69) is 14.9 Å². The minimum absolute atomic E-state index is 0.212. The molecule has 2 saturated heterocycles. The zero-order valence-corrected chi connectivity index (χ0v) is 19.9. The van der Waals surface area contributed by atoms with Gasteiger partial charge < -0.3 is 28.9 Å². The number of amides is 2. The molecule has 1 aromatic heterocycles. The SMILES string of the molecule is COCCc1noc(C2CC(c3ccc(OC(F)(F)F)cc3)CN(C(=O)N3CCSCC3[O-])C2)n1. The summed E-state index contributed by atoms with van der Waals surface area (Å²) in [7, 11) is 1.57. The van der Waals surface area contributed by atoms with Gasteiger partial charge in [-0.25, -0.2) is 4.79 Å². The maximum atomic E-state index is 13.3. The zero-order valence-electron chi connectivity index (χ0n) is 19.1. The molecule has 35 heavy (non-hydrogen) atoms. The van der Waals surface area contributed by atoms with Crippen molar-refractivity contribution in [3.63, 3.8) is 0 Å². The van der Waals surface area contributed by atoms with Crippen molar-refractivity contribution in [2.45, 2.75) is 37.3 Å². The Labute approximate surface area is 204 Å². The van der Waals surface area contributed by atoms with Gasteiger partial charge in [-0.2, -0.15) is 16.7 Å². The first-order valence-corrected chi connectivity index (χ1v) is 12.3. The molecule has 13 heteroatoms. The quantitative estimate of drug-likeness (QED) is 0.578. The van der Waals surface area contributed by atoms with E-state index in [1.54, 1.807) is 24.1 Å². The highest BCUT2D eigenvalue weighted by molar-refractivity contribution is 7.99. The van der Waals surface area contributed by atoms with Gasteiger partial charge in [0, 0.05) is 44.8 Å². The van der Waals surface area contributed by atoms with Gasteiger partial charge in [-0.15, -0.1) is 13.2 Å². The molecule has 0 radical (unpaired) electrons. The number of ether oxygens (including phenoxy) is 2. The van der Waals surface area contributed by atoms with Gasteiger partial charge in [0.25, 0.3) is 0 Å². The van der Waals surface area contributed by atoms with Crippen LogP contribution in [0.15, 0.2) is 28.8 Å². The van der Waals surface area contributed by atoms with Crippen molar-refractivity contribution in [3.8, 4) is 5.75 Å². The van der Waals surface area contributed by atoms with Crippen LogP contribution in [0.25, 0.3) is 0 Å². The van der Waals surface area contributed by atoms with E-state index in [9.17, 15) is 23.1 Å². The molecular weight excluding hydrogens is 489 g/mol. The van der Waals surface area contributed by atoms with Gasteiger partial charge in [0.1, 0.15) is 5.75 Å². The minimum Gasteiger partial charge on any atom is -0.836 e. The van der Waals surface area contributed by atoms with Crippen LogP contribution >= 0.6 is 11.8 Å². The Balaban J connectivity index is 1.55. The van der Waals surface area contributed by atoms with Gasteiger partial charge in [-0.1, -0.05) is 17.3 Å². The van der Waals surface area contributed by atoms with E-state index in [0.717, 1.165) is 5.56 Å². The Morgan fingerprint density at radius 3 is 2.69 bits per heavy atom. The standard InChI is InChI=1S/C22H26F3N4O5S/c1-32-8-6-18-26-20(34-27-18)16-10-15(14-2-4-17(5-3-14)33-22(23,24)25)11-28(12-16)21(31)29-7-9-35-13-19(29)30/h2-5,15-16,19H,6-13H2,1H3/q-1. The number of carbonyl (C=O) groups is 1. The number of alkyl halides is 3. The lowest BCUT2D eigenvalue weighted by Gasteiger charge is -2.45. The fourth-order valence-electron chi connectivity index (χ4n) is 4.33. The molecule has 1 aromatic carbocycles. The van der Waals surface area contributed by atoms with Gasteiger partial charge in [0.15, 0.2) is 5.82 Å². The van der Waals surface area contributed by atoms with Gasteiger partial charge in [-0.05, 0) is 36.1 Å². The predicted octanol–water partition coefficient (Wildman–Crippen LogP) is 2.59. The second-order valence-corrected chi connectivity index (χ2v) is 9.60. The van der Waals surface area contributed by atoms with Gasteiger partial charge in [0.2, 0.25) is 5.89 Å². The maximum absolute atomic E-state index is 13.3. The van der Waals surface area contributed by atoms with Crippen molar-refractivity contribution in [1.82, 2.24) is 19.9 Å². The number of halogens is 3. The number of piperidine rings is 1. The molecule has 3 heterocycles. The smallest absolute Gasteiger partial charge is 0.573 e. The zero-order chi connectivity index (χ0) is 25.0. The second kappa shape index (κ2) is 11.0. The van der Waals surface area contributed by atoms with Gasteiger partial charge in [-0.3, -0.25) is 0 Å². The van der Waals surface area contributed by atoms with Crippen molar-refractivity contribution >= 4 is 17.8 Å². The normalized spacial score (nSPS) is 23.4. The first kappa shape index (κ1) is 25.6. The molecule has 0 aliphatic carbocycles. The van der Waals surface area contributed by atoms with E-state index in [1.165, 1.54) is 28.8 Å². The summed E-state index contributed by atoms with van der Waals surface area (Å²) in [5.41, 5.74) is 0.744. The summed E-state index contributed by atoms with van der Waals surface area (Å²) >= 11 is 1.52. The molecule has 2 aliphatic heterocycles. The number of carbonyl (C=O) groups excluding carboxylic acids is 1. The summed E-state index contributed by atoms with van der Waals surface area (Å²) in [6, 6.07) is 5.27. The van der Waals surface area contributed by atoms with E-state index in [1.807, 2.05) is 0 Å². The number of likely N-dealkylation sites (tertiary alicyclic amines) is 1. The fraction of sp³-hybridized carbons (Fsp3) is 0.591. The predicted molar refractivity (Wildman–Crippen MR) is 118 cm³/mol. The summed E-state index contributed by atoms with van der Waals surface area (Å²) in [5.74, 6) is 1.07. The van der Waals surface area contributed by atoms with Crippen molar-refractivity contribution in [2.75, 3.05) is 44.9 Å². The minimum atomic E-state index is -4.78. The van der Waals surface area contributed by atoms with Crippen LogP contribution in [-0.2, 0) is 11.2 Å². The number of hydrogen-bond acceptors (Lipinski definition) is 8. The Bertz CT molecular complexity index is 990. The topological polar surface area (TPSA) is 104 Å². The number of nitrogens with zero attached hydrogens (tertiary/aromatic N) is 4. The molecule has 0 bridgehead atoms. The Kier molecular flexibility index (Phi) is 8.07. The highest BCUT2D eigenvalue weighted by Gasteiger charge is 2.37. The molecule has 2 aromatic rings. The number of urea groups is 1. The van der Waals surface area contributed by atoms with Gasteiger partial charge in [0.05, 0.1) is 12.5 Å². The summed E-state index contributed by atoms with van der Waals surface area (Å²) < 4.78 is 52.1. The molecule has 3 atom stereocenters. The lowest BCUT2D eigenvalue weighted by Crippen LogP contribution is -2.58. The fourth-order valence-corrected chi connectivity index (χ4v) is 5.20. The second-order valence-electron chi connectivity index (χ2n) is 8.45. The summed E-state index contributed by atoms with van der Waals surface area (Å²) in [6.45, 7) is 1.42. The molecule has 2 amide bonds. The van der Waals surface area contributed by atoms with Crippen molar-refractivity contribution in [2.24, 2.45) is 0 Å². The third kappa shape index (κ3) is 6.58. The van der Waals surface area contributed by atoms with Crippen molar-refractivity contribution < 1.29 is 37.1 Å². The van der Waals surface area contributed by atoms with Crippen LogP contribution in [0, 0.1) is 0 Å².